The van der Waals surface area contributed by atoms with Crippen molar-refractivity contribution in [3.63, 3.8) is 0 Å². The first-order valence-electron chi connectivity index (χ1n) is 11.1. The summed E-state index contributed by atoms with van der Waals surface area (Å²) in [4.78, 5) is 11.4. The smallest absolute Gasteiger partial charge is 0.213 e. The summed E-state index contributed by atoms with van der Waals surface area (Å²) in [7, 11) is 1.83. The highest BCUT2D eigenvalue weighted by molar-refractivity contribution is 14.0. The fourth-order valence-corrected chi connectivity index (χ4v) is 4.13. The first-order chi connectivity index (χ1) is 13.8. The molecule has 1 aromatic rings. The van der Waals surface area contributed by atoms with E-state index in [2.05, 4.69) is 38.5 Å². The minimum atomic E-state index is 0. The Balaban J connectivity index is 0.00000300. The highest BCUT2D eigenvalue weighted by atomic mass is 127. The van der Waals surface area contributed by atoms with Crippen molar-refractivity contribution in [3.05, 3.63) is 23.9 Å². The third kappa shape index (κ3) is 8.28. The van der Waals surface area contributed by atoms with Crippen LogP contribution in [0.2, 0.25) is 0 Å². The molecule has 0 unspecified atom stereocenters. The number of hydrogen-bond acceptors (Lipinski definition) is 4. The van der Waals surface area contributed by atoms with Crippen molar-refractivity contribution in [1.82, 2.24) is 20.5 Å². The van der Waals surface area contributed by atoms with Crippen LogP contribution in [0.25, 0.3) is 0 Å². The van der Waals surface area contributed by atoms with Crippen LogP contribution >= 0.6 is 24.0 Å². The van der Waals surface area contributed by atoms with Crippen LogP contribution in [0.4, 0.5) is 0 Å². The van der Waals surface area contributed by atoms with Gasteiger partial charge in [-0.1, -0.05) is 19.4 Å². The van der Waals surface area contributed by atoms with Crippen LogP contribution in [0.1, 0.15) is 63.9 Å². The molecule has 1 aromatic heterocycles. The lowest BCUT2D eigenvalue weighted by Gasteiger charge is -2.32. The van der Waals surface area contributed by atoms with Crippen LogP contribution in [-0.2, 0) is 6.54 Å². The Morgan fingerprint density at radius 1 is 1.17 bits per heavy atom. The summed E-state index contributed by atoms with van der Waals surface area (Å²) in [5.41, 5.74) is 1.14. The number of likely N-dealkylation sites (tertiary alicyclic amines) is 1. The zero-order valence-corrected chi connectivity index (χ0v) is 20.4. The van der Waals surface area contributed by atoms with Crippen molar-refractivity contribution in [1.29, 1.82) is 0 Å². The standard InChI is InChI=1S/C22H37N5O.HI/c1-3-13-27-14-11-19(12-15-27)26-22(23-2)25-17-18-9-10-21(24-16-18)28-20-7-5-4-6-8-20;/h9-10,16,19-20H,3-8,11-15,17H2,1-2H3,(H2,23,25,26);1H. The third-order valence-corrected chi connectivity index (χ3v) is 5.79. The molecule has 0 bridgehead atoms. The number of aliphatic imine (C=N–C) groups is 1. The van der Waals surface area contributed by atoms with Gasteiger partial charge in [-0.05, 0) is 57.1 Å². The topological polar surface area (TPSA) is 61.8 Å². The number of aromatic nitrogens is 1. The SMILES string of the molecule is CCCN1CCC(NC(=NC)NCc2ccc(OC3CCCCC3)nc2)CC1.I. The monoisotopic (exact) mass is 515 g/mol. The average Bonchev–Trinajstić information content (AvgIpc) is 2.74. The molecule has 29 heavy (non-hydrogen) atoms. The Morgan fingerprint density at radius 3 is 2.55 bits per heavy atom. The van der Waals surface area contributed by atoms with Crippen LogP contribution in [0, 0.1) is 0 Å². The van der Waals surface area contributed by atoms with E-state index in [0.717, 1.165) is 30.2 Å². The van der Waals surface area contributed by atoms with Gasteiger partial charge in [-0.2, -0.15) is 0 Å². The van der Waals surface area contributed by atoms with Crippen LogP contribution in [0.3, 0.4) is 0 Å². The molecule has 2 fully saturated rings. The van der Waals surface area contributed by atoms with Gasteiger partial charge in [0.15, 0.2) is 5.96 Å². The second kappa shape index (κ2) is 13.3. The predicted molar refractivity (Wildman–Crippen MR) is 130 cm³/mol. The number of ether oxygens (including phenoxy) is 1. The van der Waals surface area contributed by atoms with Crippen molar-refractivity contribution < 1.29 is 4.74 Å². The molecule has 1 saturated carbocycles. The molecule has 2 heterocycles. The number of nitrogens with zero attached hydrogens (tertiary/aromatic N) is 3. The summed E-state index contributed by atoms with van der Waals surface area (Å²) in [5, 5.41) is 6.99. The zero-order valence-electron chi connectivity index (χ0n) is 18.0. The van der Waals surface area contributed by atoms with Gasteiger partial charge in [0.05, 0.1) is 0 Å². The molecule has 1 aliphatic heterocycles. The zero-order chi connectivity index (χ0) is 19.6. The highest BCUT2D eigenvalue weighted by Gasteiger charge is 2.19. The molecule has 2 N–H and O–H groups in total. The maximum absolute atomic E-state index is 6.01. The maximum Gasteiger partial charge on any atom is 0.213 e. The summed E-state index contributed by atoms with van der Waals surface area (Å²) in [6.45, 7) is 6.53. The molecule has 6 nitrogen and oxygen atoms in total. The number of nitrogens with one attached hydrogen (secondary N) is 2. The number of piperidine rings is 1. The number of pyridine rings is 1. The fraction of sp³-hybridized carbons (Fsp3) is 0.727. The Hall–Kier alpha value is -1.09. The Labute approximate surface area is 193 Å². The van der Waals surface area contributed by atoms with Gasteiger partial charge in [0.1, 0.15) is 6.10 Å². The van der Waals surface area contributed by atoms with Crippen LogP contribution in [-0.4, -0.2) is 54.7 Å². The van der Waals surface area contributed by atoms with E-state index >= 15 is 0 Å². The van der Waals surface area contributed by atoms with Gasteiger partial charge in [0, 0.05) is 45.0 Å². The van der Waals surface area contributed by atoms with Crippen molar-refractivity contribution in [2.45, 2.75) is 77.0 Å². The van der Waals surface area contributed by atoms with Gasteiger partial charge in [-0.15, -0.1) is 24.0 Å². The maximum atomic E-state index is 6.01. The molecule has 0 spiro atoms. The largest absolute Gasteiger partial charge is 0.474 e. The van der Waals surface area contributed by atoms with Gasteiger partial charge in [0.2, 0.25) is 5.88 Å². The van der Waals surface area contributed by atoms with E-state index in [1.54, 1.807) is 0 Å². The van der Waals surface area contributed by atoms with Crippen molar-refractivity contribution in [2.75, 3.05) is 26.7 Å². The number of halogens is 1. The van der Waals surface area contributed by atoms with E-state index < -0.39 is 0 Å². The lowest BCUT2D eigenvalue weighted by Crippen LogP contribution is -2.48. The molecule has 0 radical (unpaired) electrons. The molecule has 3 rings (SSSR count). The van der Waals surface area contributed by atoms with E-state index in [4.69, 9.17) is 4.74 Å². The van der Waals surface area contributed by atoms with E-state index in [-0.39, 0.29) is 24.0 Å². The molecule has 164 valence electrons. The van der Waals surface area contributed by atoms with Crippen LogP contribution in [0.5, 0.6) is 5.88 Å². The van der Waals surface area contributed by atoms with Gasteiger partial charge >= 0.3 is 0 Å². The number of rotatable bonds is 7. The first-order valence-corrected chi connectivity index (χ1v) is 11.1. The summed E-state index contributed by atoms with van der Waals surface area (Å²) in [6, 6.07) is 4.59. The van der Waals surface area contributed by atoms with Gasteiger partial charge in [-0.25, -0.2) is 4.98 Å². The second-order valence-corrected chi connectivity index (χ2v) is 8.07. The number of guanidine groups is 1. The van der Waals surface area contributed by atoms with Crippen molar-refractivity contribution in [2.24, 2.45) is 4.99 Å². The molecule has 2 aliphatic rings. The fourth-order valence-electron chi connectivity index (χ4n) is 4.13. The number of hydrogen-bond donors (Lipinski definition) is 2. The summed E-state index contributed by atoms with van der Waals surface area (Å²) in [6.07, 6.45) is 12.0. The Kier molecular flexibility index (Phi) is 11.1. The lowest BCUT2D eigenvalue weighted by molar-refractivity contribution is 0.148. The average molecular weight is 515 g/mol. The van der Waals surface area contributed by atoms with E-state index in [1.807, 2.05) is 19.3 Å². The summed E-state index contributed by atoms with van der Waals surface area (Å²) >= 11 is 0. The van der Waals surface area contributed by atoms with Crippen LogP contribution in [0.15, 0.2) is 23.3 Å². The Morgan fingerprint density at radius 2 is 1.93 bits per heavy atom. The minimum absolute atomic E-state index is 0. The van der Waals surface area contributed by atoms with Crippen LogP contribution < -0.4 is 15.4 Å². The van der Waals surface area contributed by atoms with E-state index in [0.29, 0.717) is 18.7 Å². The molecule has 1 saturated heterocycles. The van der Waals surface area contributed by atoms with E-state index in [9.17, 15) is 0 Å². The summed E-state index contributed by atoms with van der Waals surface area (Å²) < 4.78 is 6.01. The molecule has 7 heteroatoms. The normalized spacial score (nSPS) is 19.4. The molecule has 0 amide bonds. The molecule has 1 aliphatic carbocycles. The van der Waals surface area contributed by atoms with Gasteiger partial charge in [0.25, 0.3) is 0 Å². The van der Waals surface area contributed by atoms with E-state index in [1.165, 1.54) is 58.2 Å². The molecular weight excluding hydrogens is 477 g/mol. The predicted octanol–water partition coefficient (Wildman–Crippen LogP) is 3.95. The first kappa shape index (κ1) is 24.2. The van der Waals surface area contributed by atoms with Gasteiger partial charge < -0.3 is 20.3 Å². The third-order valence-electron chi connectivity index (χ3n) is 5.79. The van der Waals surface area contributed by atoms with Gasteiger partial charge in [-0.3, -0.25) is 4.99 Å². The highest BCUT2D eigenvalue weighted by Crippen LogP contribution is 2.22. The van der Waals surface area contributed by atoms with Crippen molar-refractivity contribution in [3.8, 4) is 5.88 Å². The quantitative estimate of drug-likeness (QED) is 0.327. The lowest BCUT2D eigenvalue weighted by atomic mass is 9.98. The minimum Gasteiger partial charge on any atom is -0.474 e. The molecular formula is C22H38IN5O. The molecule has 0 atom stereocenters. The van der Waals surface area contributed by atoms with Crippen molar-refractivity contribution >= 4 is 29.9 Å². The Bertz CT molecular complexity index is 596. The second-order valence-electron chi connectivity index (χ2n) is 8.07. The molecule has 0 aromatic carbocycles. The summed E-state index contributed by atoms with van der Waals surface area (Å²) in [5.74, 6) is 1.62.